The maximum absolute atomic E-state index is 12.0. The van der Waals surface area contributed by atoms with Crippen LogP contribution in [-0.2, 0) is 4.74 Å². The Balaban J connectivity index is 1.53. The third-order valence-corrected chi connectivity index (χ3v) is 3.96. The second kappa shape index (κ2) is 6.37. The molecule has 0 bridgehead atoms. The molecule has 2 aliphatic heterocycles. The zero-order valence-electron chi connectivity index (χ0n) is 11.6. The summed E-state index contributed by atoms with van der Waals surface area (Å²) in [4.78, 5) is 16.3. The van der Waals surface area contributed by atoms with Crippen molar-refractivity contribution in [3.8, 4) is 0 Å². The van der Waals surface area contributed by atoms with Gasteiger partial charge in [-0.25, -0.2) is 4.98 Å². The number of carbonyl (C=O) groups excluding carboxylic acids is 1. The Morgan fingerprint density at radius 1 is 1.40 bits per heavy atom. The minimum atomic E-state index is -0.176. The number of hydrogen-bond acceptors (Lipinski definition) is 5. The van der Waals surface area contributed by atoms with Crippen molar-refractivity contribution in [3.05, 3.63) is 17.8 Å². The molecular weight excluding hydrogens is 258 g/mol. The Kier molecular flexibility index (Phi) is 4.32. The molecule has 0 aliphatic carbocycles. The fraction of sp³-hybridized carbons (Fsp3) is 0.714. The van der Waals surface area contributed by atoms with Gasteiger partial charge in [0.2, 0.25) is 0 Å². The smallest absolute Gasteiger partial charge is 0.273 e. The van der Waals surface area contributed by atoms with Crippen molar-refractivity contribution in [2.75, 3.05) is 26.2 Å². The van der Waals surface area contributed by atoms with Crippen LogP contribution in [0, 0.1) is 0 Å². The summed E-state index contributed by atoms with van der Waals surface area (Å²) in [5.41, 5.74) is 0.372. The van der Waals surface area contributed by atoms with Gasteiger partial charge in [0.05, 0.1) is 6.10 Å². The van der Waals surface area contributed by atoms with Crippen LogP contribution in [0.3, 0.4) is 0 Å². The van der Waals surface area contributed by atoms with E-state index in [1.54, 1.807) is 0 Å². The zero-order valence-corrected chi connectivity index (χ0v) is 11.6. The van der Waals surface area contributed by atoms with E-state index in [4.69, 9.17) is 9.15 Å². The van der Waals surface area contributed by atoms with E-state index < -0.39 is 0 Å². The first-order valence-corrected chi connectivity index (χ1v) is 7.39. The van der Waals surface area contributed by atoms with E-state index in [0.29, 0.717) is 24.0 Å². The van der Waals surface area contributed by atoms with Crippen molar-refractivity contribution in [2.45, 2.75) is 37.7 Å². The number of nitrogens with one attached hydrogen (secondary N) is 2. The average molecular weight is 279 g/mol. The zero-order chi connectivity index (χ0) is 13.8. The first-order chi connectivity index (χ1) is 9.83. The van der Waals surface area contributed by atoms with E-state index in [1.165, 1.54) is 6.26 Å². The molecule has 1 aromatic heterocycles. The quantitative estimate of drug-likeness (QED) is 0.861. The summed E-state index contributed by atoms with van der Waals surface area (Å²) in [5.74, 6) is 0.842. The summed E-state index contributed by atoms with van der Waals surface area (Å²) < 4.78 is 10.9. The Hall–Kier alpha value is -1.40. The standard InChI is InChI=1S/C14H21N3O3/c18-13(16-8-11-2-1-7-19-11)12-9-20-14(17-12)10-3-5-15-6-4-10/h9-11,15H,1-8H2,(H,16,18). The highest BCUT2D eigenvalue weighted by Gasteiger charge is 2.22. The number of piperidine rings is 1. The summed E-state index contributed by atoms with van der Waals surface area (Å²) in [6.45, 7) is 3.31. The topological polar surface area (TPSA) is 76.4 Å². The summed E-state index contributed by atoms with van der Waals surface area (Å²) in [5, 5.41) is 6.16. The van der Waals surface area contributed by atoms with Crippen LogP contribution >= 0.6 is 0 Å². The molecule has 20 heavy (non-hydrogen) atoms. The molecule has 3 rings (SSSR count). The van der Waals surface area contributed by atoms with E-state index in [1.807, 2.05) is 0 Å². The van der Waals surface area contributed by atoms with Crippen LogP contribution < -0.4 is 10.6 Å². The third kappa shape index (κ3) is 3.19. The number of hydrogen-bond donors (Lipinski definition) is 2. The summed E-state index contributed by atoms with van der Waals surface area (Å²) in [6, 6.07) is 0. The Bertz CT molecular complexity index is 448. The fourth-order valence-electron chi connectivity index (χ4n) is 2.75. The van der Waals surface area contributed by atoms with Gasteiger partial charge in [0.25, 0.3) is 5.91 Å². The highest BCUT2D eigenvalue weighted by Crippen LogP contribution is 2.24. The van der Waals surface area contributed by atoms with Crippen molar-refractivity contribution >= 4 is 5.91 Å². The molecule has 6 heteroatoms. The predicted octanol–water partition coefficient (Wildman–Crippen LogP) is 1.05. The molecule has 2 fully saturated rings. The van der Waals surface area contributed by atoms with E-state index in [9.17, 15) is 4.79 Å². The lowest BCUT2D eigenvalue weighted by atomic mass is 9.98. The summed E-state index contributed by atoms with van der Waals surface area (Å²) >= 11 is 0. The normalized spacial score (nSPS) is 23.9. The van der Waals surface area contributed by atoms with Crippen molar-refractivity contribution in [3.63, 3.8) is 0 Å². The minimum Gasteiger partial charge on any atom is -0.448 e. The fourth-order valence-corrected chi connectivity index (χ4v) is 2.75. The Morgan fingerprint density at radius 2 is 2.25 bits per heavy atom. The van der Waals surface area contributed by atoms with E-state index in [0.717, 1.165) is 45.4 Å². The van der Waals surface area contributed by atoms with Gasteiger partial charge in [-0.2, -0.15) is 0 Å². The molecule has 6 nitrogen and oxygen atoms in total. The lowest BCUT2D eigenvalue weighted by Crippen LogP contribution is -2.32. The molecule has 0 spiro atoms. The van der Waals surface area contributed by atoms with Gasteiger partial charge in [0.15, 0.2) is 11.6 Å². The second-order valence-electron chi connectivity index (χ2n) is 5.44. The summed E-state index contributed by atoms with van der Waals surface area (Å²) in [7, 11) is 0. The molecule has 2 saturated heterocycles. The number of amides is 1. The molecule has 2 N–H and O–H groups in total. The molecule has 3 heterocycles. The maximum atomic E-state index is 12.0. The van der Waals surface area contributed by atoms with Crippen molar-refractivity contribution in [2.24, 2.45) is 0 Å². The van der Waals surface area contributed by atoms with E-state index in [2.05, 4.69) is 15.6 Å². The Morgan fingerprint density at radius 3 is 3.00 bits per heavy atom. The average Bonchev–Trinajstić information content (AvgIpc) is 3.17. The van der Waals surface area contributed by atoms with Crippen LogP contribution in [0.2, 0.25) is 0 Å². The minimum absolute atomic E-state index is 0.148. The predicted molar refractivity (Wildman–Crippen MR) is 72.7 cm³/mol. The van der Waals surface area contributed by atoms with Crippen molar-refractivity contribution < 1.29 is 13.9 Å². The number of rotatable bonds is 4. The first-order valence-electron chi connectivity index (χ1n) is 7.39. The van der Waals surface area contributed by atoms with Gasteiger partial charge in [-0.1, -0.05) is 0 Å². The maximum Gasteiger partial charge on any atom is 0.273 e. The number of carbonyl (C=O) groups is 1. The molecular formula is C14H21N3O3. The molecule has 0 saturated carbocycles. The van der Waals surface area contributed by atoms with Gasteiger partial charge in [-0.15, -0.1) is 0 Å². The molecule has 1 unspecified atom stereocenters. The first kappa shape index (κ1) is 13.6. The number of nitrogens with zero attached hydrogens (tertiary/aromatic N) is 1. The molecule has 1 amide bonds. The van der Waals surface area contributed by atoms with E-state index >= 15 is 0 Å². The molecule has 0 aromatic carbocycles. The lowest BCUT2D eigenvalue weighted by molar-refractivity contribution is 0.0853. The monoisotopic (exact) mass is 279 g/mol. The highest BCUT2D eigenvalue weighted by atomic mass is 16.5. The highest BCUT2D eigenvalue weighted by molar-refractivity contribution is 5.91. The van der Waals surface area contributed by atoms with Crippen LogP contribution in [0.1, 0.15) is 48.0 Å². The lowest BCUT2D eigenvalue weighted by Gasteiger charge is -2.19. The number of oxazole rings is 1. The Labute approximate surface area is 118 Å². The van der Waals surface area contributed by atoms with Crippen LogP contribution in [0.15, 0.2) is 10.7 Å². The van der Waals surface area contributed by atoms with Crippen LogP contribution in [-0.4, -0.2) is 43.2 Å². The SMILES string of the molecule is O=C(NCC1CCCO1)c1coc(C2CCNCC2)n1. The van der Waals surface area contributed by atoms with Gasteiger partial charge < -0.3 is 19.8 Å². The van der Waals surface area contributed by atoms with E-state index in [-0.39, 0.29) is 12.0 Å². The van der Waals surface area contributed by atoms with Gasteiger partial charge in [0.1, 0.15) is 6.26 Å². The van der Waals surface area contributed by atoms with Crippen LogP contribution in [0.4, 0.5) is 0 Å². The summed E-state index contributed by atoms with van der Waals surface area (Å²) in [6.07, 6.45) is 5.72. The molecule has 110 valence electrons. The van der Waals surface area contributed by atoms with Gasteiger partial charge in [-0.3, -0.25) is 4.79 Å². The van der Waals surface area contributed by atoms with Crippen LogP contribution in [0.25, 0.3) is 0 Å². The van der Waals surface area contributed by atoms with Crippen LogP contribution in [0.5, 0.6) is 0 Å². The second-order valence-corrected chi connectivity index (χ2v) is 5.44. The molecule has 2 aliphatic rings. The molecule has 1 aromatic rings. The van der Waals surface area contributed by atoms with Gasteiger partial charge in [-0.05, 0) is 38.8 Å². The largest absolute Gasteiger partial charge is 0.448 e. The van der Waals surface area contributed by atoms with Crippen molar-refractivity contribution in [1.29, 1.82) is 0 Å². The van der Waals surface area contributed by atoms with Gasteiger partial charge >= 0.3 is 0 Å². The molecule has 1 atom stereocenters. The number of aromatic nitrogens is 1. The van der Waals surface area contributed by atoms with Crippen molar-refractivity contribution in [1.82, 2.24) is 15.6 Å². The van der Waals surface area contributed by atoms with Gasteiger partial charge in [0, 0.05) is 19.1 Å². The molecule has 0 radical (unpaired) electrons. The number of ether oxygens (including phenoxy) is 1. The third-order valence-electron chi connectivity index (χ3n) is 3.96.